The highest BCUT2D eigenvalue weighted by Crippen LogP contribution is 2.41. The molecule has 2 atom stereocenters. The van der Waals surface area contributed by atoms with Gasteiger partial charge in [0.2, 0.25) is 5.90 Å². The summed E-state index contributed by atoms with van der Waals surface area (Å²) in [6.45, 7) is 8.17. The van der Waals surface area contributed by atoms with Crippen molar-refractivity contribution in [2.24, 2.45) is 5.92 Å². The van der Waals surface area contributed by atoms with Crippen LogP contribution in [0.5, 0.6) is 0 Å². The molecule has 0 spiro atoms. The van der Waals surface area contributed by atoms with Gasteiger partial charge in [0, 0.05) is 16.7 Å². The molecule has 2 aliphatic rings. The second-order valence-corrected chi connectivity index (χ2v) is 6.87. The molecule has 0 amide bonds. The van der Waals surface area contributed by atoms with Crippen molar-refractivity contribution in [1.82, 2.24) is 0 Å². The lowest BCUT2D eigenvalue weighted by molar-refractivity contribution is 0.0372. The van der Waals surface area contributed by atoms with Crippen LogP contribution in [0, 0.1) is 11.3 Å². The molecule has 2 heterocycles. The molecular formula is C21H23NO3. The maximum Gasteiger partial charge on any atom is 0.339 e. The lowest BCUT2D eigenvalue weighted by Gasteiger charge is -2.28. The van der Waals surface area contributed by atoms with Crippen LogP contribution < -0.4 is 0 Å². The van der Waals surface area contributed by atoms with Crippen LogP contribution >= 0.6 is 0 Å². The third-order valence-electron chi connectivity index (χ3n) is 5.02. The van der Waals surface area contributed by atoms with Gasteiger partial charge in [-0.2, -0.15) is 0 Å². The summed E-state index contributed by atoms with van der Waals surface area (Å²) in [5.41, 5.74) is 3.45. The van der Waals surface area contributed by atoms with Crippen molar-refractivity contribution in [2.45, 2.75) is 39.4 Å². The Balaban J connectivity index is 0.000000150. The van der Waals surface area contributed by atoms with Crippen LogP contribution in [0.4, 0.5) is 0 Å². The second-order valence-electron chi connectivity index (χ2n) is 6.87. The number of rotatable bonds is 1. The van der Waals surface area contributed by atoms with E-state index < -0.39 is 0 Å². The molecule has 0 bridgehead atoms. The van der Waals surface area contributed by atoms with Gasteiger partial charge in [0.1, 0.15) is 11.7 Å². The van der Waals surface area contributed by atoms with E-state index in [9.17, 15) is 4.79 Å². The highest BCUT2D eigenvalue weighted by atomic mass is 16.5. The second kappa shape index (κ2) is 6.36. The minimum absolute atomic E-state index is 0.0706. The molecule has 4 rings (SSSR count). The maximum absolute atomic E-state index is 11.1. The van der Waals surface area contributed by atoms with Crippen LogP contribution in [-0.4, -0.2) is 11.9 Å². The monoisotopic (exact) mass is 337 g/mol. The van der Waals surface area contributed by atoms with E-state index in [1.165, 1.54) is 0 Å². The van der Waals surface area contributed by atoms with Crippen LogP contribution in [0.25, 0.3) is 0 Å². The Morgan fingerprint density at radius 2 is 1.64 bits per heavy atom. The topological polar surface area (TPSA) is 59.4 Å². The van der Waals surface area contributed by atoms with E-state index in [-0.39, 0.29) is 17.7 Å². The fraction of sp³-hybridized carbons (Fsp3) is 0.333. The van der Waals surface area contributed by atoms with Gasteiger partial charge in [0.25, 0.3) is 0 Å². The van der Waals surface area contributed by atoms with Crippen molar-refractivity contribution in [3.63, 3.8) is 0 Å². The van der Waals surface area contributed by atoms with E-state index in [0.29, 0.717) is 17.4 Å². The third kappa shape index (κ3) is 2.93. The van der Waals surface area contributed by atoms with Gasteiger partial charge >= 0.3 is 5.97 Å². The maximum atomic E-state index is 11.1. The Morgan fingerprint density at radius 1 is 1.04 bits per heavy atom. The predicted molar refractivity (Wildman–Crippen MR) is 96.8 cm³/mol. The molecule has 4 nitrogen and oxygen atoms in total. The highest BCUT2D eigenvalue weighted by Gasteiger charge is 2.41. The van der Waals surface area contributed by atoms with Gasteiger partial charge in [-0.1, -0.05) is 50.2 Å². The number of carbonyl (C=O) groups is 1. The molecule has 0 radical (unpaired) electrons. The Bertz CT molecular complexity index is 827. The molecule has 2 unspecified atom stereocenters. The molecule has 0 aromatic heterocycles. The number of hydrogen-bond acceptors (Lipinski definition) is 4. The summed E-state index contributed by atoms with van der Waals surface area (Å²) >= 11 is 0. The number of cyclic esters (lactones) is 1. The minimum atomic E-state index is -0.326. The van der Waals surface area contributed by atoms with Gasteiger partial charge in [-0.3, -0.25) is 5.41 Å². The van der Waals surface area contributed by atoms with Gasteiger partial charge in [-0.25, -0.2) is 4.79 Å². The molecule has 2 aliphatic heterocycles. The lowest BCUT2D eigenvalue weighted by atomic mass is 9.84. The van der Waals surface area contributed by atoms with Crippen LogP contribution in [0.1, 0.15) is 60.8 Å². The number of esters is 1. The number of ether oxygens (including phenoxy) is 2. The molecule has 25 heavy (non-hydrogen) atoms. The van der Waals surface area contributed by atoms with Gasteiger partial charge in [-0.15, -0.1) is 0 Å². The lowest BCUT2D eigenvalue weighted by Crippen LogP contribution is -2.28. The smallest absolute Gasteiger partial charge is 0.339 e. The number of benzene rings is 2. The molecule has 0 saturated heterocycles. The zero-order valence-electron chi connectivity index (χ0n) is 15.0. The van der Waals surface area contributed by atoms with Crippen molar-refractivity contribution in [2.75, 3.05) is 0 Å². The Kier molecular flexibility index (Phi) is 4.38. The van der Waals surface area contributed by atoms with Crippen molar-refractivity contribution in [3.8, 4) is 0 Å². The number of fused-ring (bicyclic) bond motifs is 2. The van der Waals surface area contributed by atoms with E-state index in [2.05, 4.69) is 26.8 Å². The van der Waals surface area contributed by atoms with Gasteiger partial charge in [-0.05, 0) is 31.9 Å². The van der Waals surface area contributed by atoms with Crippen molar-refractivity contribution in [3.05, 3.63) is 70.8 Å². The minimum Gasteiger partial charge on any atom is -0.466 e. The van der Waals surface area contributed by atoms with E-state index in [1.807, 2.05) is 43.3 Å². The van der Waals surface area contributed by atoms with Crippen LogP contribution in [0.15, 0.2) is 48.5 Å². The quantitative estimate of drug-likeness (QED) is 0.758. The SMILES string of the molecule is CC(C)C1(C)OC(=N)c2ccccc21.CC1OC(=O)c2ccccc21. The molecule has 1 N–H and O–H groups in total. The number of hydrogen-bond donors (Lipinski definition) is 1. The Labute approximate surface area is 148 Å². The summed E-state index contributed by atoms with van der Waals surface area (Å²) in [7, 11) is 0. The first-order valence-corrected chi connectivity index (χ1v) is 8.52. The summed E-state index contributed by atoms with van der Waals surface area (Å²) in [5, 5.41) is 7.76. The van der Waals surface area contributed by atoms with Crippen LogP contribution in [-0.2, 0) is 15.1 Å². The molecule has 0 saturated carbocycles. The first-order chi connectivity index (χ1) is 11.8. The van der Waals surface area contributed by atoms with E-state index >= 15 is 0 Å². The summed E-state index contributed by atoms with van der Waals surface area (Å²) in [6.07, 6.45) is -0.0706. The van der Waals surface area contributed by atoms with Gasteiger partial charge in [0.15, 0.2) is 0 Å². The molecular weight excluding hydrogens is 314 g/mol. The average Bonchev–Trinajstić information content (AvgIpc) is 3.04. The predicted octanol–water partition coefficient (Wildman–Crippen LogP) is 4.83. The van der Waals surface area contributed by atoms with Gasteiger partial charge in [0.05, 0.1) is 5.56 Å². The molecule has 2 aromatic carbocycles. The fourth-order valence-corrected chi connectivity index (χ4v) is 3.19. The van der Waals surface area contributed by atoms with Crippen LogP contribution in [0.2, 0.25) is 0 Å². The van der Waals surface area contributed by atoms with E-state index in [1.54, 1.807) is 6.07 Å². The summed E-state index contributed by atoms with van der Waals surface area (Å²) in [6, 6.07) is 15.4. The number of nitrogens with one attached hydrogen (secondary N) is 1. The first-order valence-electron chi connectivity index (χ1n) is 8.52. The normalized spacial score (nSPS) is 23.3. The van der Waals surface area contributed by atoms with Crippen molar-refractivity contribution in [1.29, 1.82) is 5.41 Å². The standard InChI is InChI=1S/C12H15NO.C9H8O2/c1-8(2)12(3)10-7-5-4-6-9(10)11(13)14-12;1-6-7-4-2-3-5-8(7)9(10)11-6/h4-8,13H,1-3H3;2-6H,1H3. The summed E-state index contributed by atoms with van der Waals surface area (Å²) in [4.78, 5) is 11.1. The molecule has 130 valence electrons. The largest absolute Gasteiger partial charge is 0.466 e. The zero-order chi connectivity index (χ0) is 18.2. The summed E-state index contributed by atoms with van der Waals surface area (Å²) < 4.78 is 10.7. The van der Waals surface area contributed by atoms with Crippen molar-refractivity contribution < 1.29 is 14.3 Å². The fourth-order valence-electron chi connectivity index (χ4n) is 3.19. The van der Waals surface area contributed by atoms with E-state index in [0.717, 1.165) is 16.7 Å². The summed E-state index contributed by atoms with van der Waals surface area (Å²) in [5.74, 6) is 0.469. The molecule has 2 aromatic rings. The average molecular weight is 337 g/mol. The highest BCUT2D eigenvalue weighted by molar-refractivity contribution is 5.96. The molecule has 0 fully saturated rings. The van der Waals surface area contributed by atoms with E-state index in [4.69, 9.17) is 14.9 Å². The van der Waals surface area contributed by atoms with Gasteiger partial charge < -0.3 is 9.47 Å². The molecule has 0 aliphatic carbocycles. The zero-order valence-corrected chi connectivity index (χ0v) is 15.0. The Morgan fingerprint density at radius 3 is 2.28 bits per heavy atom. The van der Waals surface area contributed by atoms with Crippen LogP contribution in [0.3, 0.4) is 0 Å². The number of carbonyl (C=O) groups excluding carboxylic acids is 1. The Hall–Kier alpha value is -2.62. The third-order valence-corrected chi connectivity index (χ3v) is 5.02. The molecule has 4 heteroatoms. The van der Waals surface area contributed by atoms with Crippen molar-refractivity contribution >= 4 is 11.9 Å². The first kappa shape index (κ1) is 17.2.